The summed E-state index contributed by atoms with van der Waals surface area (Å²) in [6, 6.07) is 0. The van der Waals surface area contributed by atoms with Gasteiger partial charge in [-0.15, -0.1) is 0 Å². The SMILES string of the molecule is CCNC(=O)CNCc1ncon1. The standard InChI is InChI=1S/C7H12N4O2/c1-2-9-7(12)4-8-3-6-10-5-13-11-6/h5,8H,2-4H2,1H3,(H,9,12). The van der Waals surface area contributed by atoms with Gasteiger partial charge in [0.15, 0.2) is 5.82 Å². The van der Waals surface area contributed by atoms with Crippen molar-refractivity contribution < 1.29 is 9.32 Å². The zero-order valence-electron chi connectivity index (χ0n) is 7.41. The van der Waals surface area contributed by atoms with Gasteiger partial charge in [-0.3, -0.25) is 4.79 Å². The Balaban J connectivity index is 2.11. The summed E-state index contributed by atoms with van der Waals surface area (Å²) in [7, 11) is 0. The van der Waals surface area contributed by atoms with Crippen LogP contribution in [0.1, 0.15) is 12.7 Å². The number of nitrogens with one attached hydrogen (secondary N) is 2. The van der Waals surface area contributed by atoms with Crippen molar-refractivity contribution in [2.24, 2.45) is 0 Å². The molecule has 13 heavy (non-hydrogen) atoms. The van der Waals surface area contributed by atoms with Crippen molar-refractivity contribution in [1.29, 1.82) is 0 Å². The van der Waals surface area contributed by atoms with Crippen LogP contribution in [0.2, 0.25) is 0 Å². The monoisotopic (exact) mass is 184 g/mol. The maximum atomic E-state index is 10.9. The summed E-state index contributed by atoms with van der Waals surface area (Å²) < 4.78 is 4.52. The van der Waals surface area contributed by atoms with E-state index in [9.17, 15) is 4.79 Å². The van der Waals surface area contributed by atoms with Gasteiger partial charge in [0.2, 0.25) is 12.3 Å². The molecule has 72 valence electrons. The van der Waals surface area contributed by atoms with E-state index in [1.54, 1.807) is 0 Å². The van der Waals surface area contributed by atoms with Crippen LogP contribution in [0.4, 0.5) is 0 Å². The summed E-state index contributed by atoms with van der Waals surface area (Å²) in [5.74, 6) is 0.510. The fourth-order valence-corrected chi connectivity index (χ4v) is 0.818. The fourth-order valence-electron chi connectivity index (χ4n) is 0.818. The van der Waals surface area contributed by atoms with Crippen molar-refractivity contribution in [3.63, 3.8) is 0 Å². The number of likely N-dealkylation sites (N-methyl/N-ethyl adjacent to an activating group) is 1. The van der Waals surface area contributed by atoms with Crippen molar-refractivity contribution in [2.45, 2.75) is 13.5 Å². The van der Waals surface area contributed by atoms with E-state index in [4.69, 9.17) is 0 Å². The van der Waals surface area contributed by atoms with E-state index in [1.165, 1.54) is 6.39 Å². The molecule has 1 aromatic heterocycles. The number of aromatic nitrogens is 2. The van der Waals surface area contributed by atoms with E-state index in [1.807, 2.05) is 6.92 Å². The molecule has 1 rings (SSSR count). The first-order valence-corrected chi connectivity index (χ1v) is 4.05. The highest BCUT2D eigenvalue weighted by molar-refractivity contribution is 5.77. The summed E-state index contributed by atoms with van der Waals surface area (Å²) in [6.45, 7) is 3.22. The maximum Gasteiger partial charge on any atom is 0.233 e. The Morgan fingerprint density at radius 1 is 1.69 bits per heavy atom. The van der Waals surface area contributed by atoms with Gasteiger partial charge in [0.1, 0.15) is 0 Å². The van der Waals surface area contributed by atoms with Gasteiger partial charge in [-0.05, 0) is 6.92 Å². The molecule has 0 fully saturated rings. The molecule has 0 aliphatic carbocycles. The smallest absolute Gasteiger partial charge is 0.233 e. The minimum absolute atomic E-state index is 0.0361. The van der Waals surface area contributed by atoms with Crippen molar-refractivity contribution in [1.82, 2.24) is 20.8 Å². The Kier molecular flexibility index (Phi) is 3.90. The molecule has 0 radical (unpaired) electrons. The van der Waals surface area contributed by atoms with Crippen molar-refractivity contribution >= 4 is 5.91 Å². The number of hydrogen-bond donors (Lipinski definition) is 2. The molecule has 0 aromatic carbocycles. The second kappa shape index (κ2) is 5.26. The molecule has 0 spiro atoms. The van der Waals surface area contributed by atoms with Crippen LogP contribution in [0.5, 0.6) is 0 Å². The zero-order chi connectivity index (χ0) is 9.52. The van der Waals surface area contributed by atoms with E-state index in [2.05, 4.69) is 25.3 Å². The molecule has 0 aliphatic rings. The highest BCUT2D eigenvalue weighted by Crippen LogP contribution is 1.85. The van der Waals surface area contributed by atoms with Crippen LogP contribution in [0.3, 0.4) is 0 Å². The summed E-state index contributed by atoms with van der Waals surface area (Å²) >= 11 is 0. The Morgan fingerprint density at radius 3 is 3.15 bits per heavy atom. The molecule has 0 atom stereocenters. The lowest BCUT2D eigenvalue weighted by atomic mass is 10.5. The Labute approximate surface area is 75.7 Å². The van der Waals surface area contributed by atoms with Crippen LogP contribution in [0, 0.1) is 0 Å². The predicted octanol–water partition coefficient (Wildman–Crippen LogP) is -0.705. The third-order valence-corrected chi connectivity index (χ3v) is 1.35. The summed E-state index contributed by atoms with van der Waals surface area (Å²) in [4.78, 5) is 14.7. The first-order valence-electron chi connectivity index (χ1n) is 4.05. The molecule has 0 bridgehead atoms. The van der Waals surface area contributed by atoms with Crippen LogP contribution >= 0.6 is 0 Å². The van der Waals surface area contributed by atoms with Crippen LogP contribution in [0.15, 0.2) is 10.9 Å². The van der Waals surface area contributed by atoms with Gasteiger partial charge in [0.05, 0.1) is 13.1 Å². The number of nitrogens with zero attached hydrogens (tertiary/aromatic N) is 2. The van der Waals surface area contributed by atoms with Gasteiger partial charge in [0, 0.05) is 6.54 Å². The molecule has 2 N–H and O–H groups in total. The fraction of sp³-hybridized carbons (Fsp3) is 0.571. The largest absolute Gasteiger partial charge is 0.355 e. The highest BCUT2D eigenvalue weighted by Gasteiger charge is 2.00. The molecule has 6 heteroatoms. The quantitative estimate of drug-likeness (QED) is 0.632. The van der Waals surface area contributed by atoms with Crippen LogP contribution in [-0.2, 0) is 11.3 Å². The van der Waals surface area contributed by atoms with Gasteiger partial charge >= 0.3 is 0 Å². The number of amides is 1. The summed E-state index contributed by atoms with van der Waals surface area (Å²) in [6.07, 6.45) is 1.25. The summed E-state index contributed by atoms with van der Waals surface area (Å²) in [5, 5.41) is 9.11. The minimum atomic E-state index is -0.0361. The lowest BCUT2D eigenvalue weighted by Gasteiger charge is -2.01. The molecule has 1 aromatic rings. The molecule has 0 unspecified atom stereocenters. The molecular formula is C7H12N4O2. The second-order valence-corrected chi connectivity index (χ2v) is 2.40. The van der Waals surface area contributed by atoms with Gasteiger partial charge in [-0.2, -0.15) is 4.98 Å². The molecule has 6 nitrogen and oxygen atoms in total. The van der Waals surface area contributed by atoms with Crippen molar-refractivity contribution in [2.75, 3.05) is 13.1 Å². The first-order chi connectivity index (χ1) is 6.33. The van der Waals surface area contributed by atoms with E-state index in [0.29, 0.717) is 18.9 Å². The number of hydrogen-bond acceptors (Lipinski definition) is 5. The minimum Gasteiger partial charge on any atom is -0.355 e. The van der Waals surface area contributed by atoms with Crippen molar-refractivity contribution in [3.05, 3.63) is 12.2 Å². The van der Waals surface area contributed by atoms with Crippen LogP contribution < -0.4 is 10.6 Å². The molecule has 1 heterocycles. The Bertz CT molecular complexity index is 247. The molecular weight excluding hydrogens is 172 g/mol. The number of carbonyl (C=O) groups is 1. The van der Waals surface area contributed by atoms with Gasteiger partial charge in [0.25, 0.3) is 0 Å². The lowest BCUT2D eigenvalue weighted by Crippen LogP contribution is -2.33. The highest BCUT2D eigenvalue weighted by atomic mass is 16.5. The maximum absolute atomic E-state index is 10.9. The van der Waals surface area contributed by atoms with Gasteiger partial charge in [-0.1, -0.05) is 5.16 Å². The van der Waals surface area contributed by atoms with Crippen molar-refractivity contribution in [3.8, 4) is 0 Å². The summed E-state index contributed by atoms with van der Waals surface area (Å²) in [5.41, 5.74) is 0. The molecule has 1 amide bonds. The Hall–Kier alpha value is -1.43. The number of carbonyl (C=O) groups excluding carboxylic acids is 1. The average molecular weight is 184 g/mol. The molecule has 0 aliphatic heterocycles. The van der Waals surface area contributed by atoms with Gasteiger partial charge in [-0.25, -0.2) is 0 Å². The van der Waals surface area contributed by atoms with Crippen LogP contribution in [-0.4, -0.2) is 29.1 Å². The van der Waals surface area contributed by atoms with E-state index in [-0.39, 0.29) is 12.5 Å². The third-order valence-electron chi connectivity index (χ3n) is 1.35. The van der Waals surface area contributed by atoms with E-state index >= 15 is 0 Å². The first kappa shape index (κ1) is 9.66. The topological polar surface area (TPSA) is 80.0 Å². The van der Waals surface area contributed by atoms with Gasteiger partial charge < -0.3 is 15.2 Å². The molecule has 0 saturated heterocycles. The molecule has 0 saturated carbocycles. The normalized spacial score (nSPS) is 9.92. The van der Waals surface area contributed by atoms with Crippen LogP contribution in [0.25, 0.3) is 0 Å². The predicted molar refractivity (Wildman–Crippen MR) is 44.7 cm³/mol. The Morgan fingerprint density at radius 2 is 2.54 bits per heavy atom. The van der Waals surface area contributed by atoms with E-state index < -0.39 is 0 Å². The number of rotatable bonds is 5. The van der Waals surface area contributed by atoms with E-state index in [0.717, 1.165) is 0 Å². The third kappa shape index (κ3) is 3.66. The zero-order valence-corrected chi connectivity index (χ0v) is 7.41. The lowest BCUT2D eigenvalue weighted by molar-refractivity contribution is -0.120. The average Bonchev–Trinajstić information content (AvgIpc) is 2.57. The second-order valence-electron chi connectivity index (χ2n) is 2.40.